The molecule has 96 valence electrons. The molecule has 19 heavy (non-hydrogen) atoms. The summed E-state index contributed by atoms with van der Waals surface area (Å²) in [6.07, 6.45) is 0. The van der Waals surface area contributed by atoms with Crippen molar-refractivity contribution >= 4 is 38.0 Å². The SMILES string of the molecule is CNC(c1csc(Br)c1)c1ccc2ccccc2c1. The summed E-state index contributed by atoms with van der Waals surface area (Å²) in [6.45, 7) is 0. The quantitative estimate of drug-likeness (QED) is 0.714. The number of benzene rings is 2. The van der Waals surface area contributed by atoms with Gasteiger partial charge in [0.1, 0.15) is 0 Å². The minimum atomic E-state index is 0.243. The molecule has 0 amide bonds. The maximum atomic E-state index is 3.53. The Labute approximate surface area is 125 Å². The molecule has 0 bridgehead atoms. The van der Waals surface area contributed by atoms with E-state index < -0.39 is 0 Å². The topological polar surface area (TPSA) is 12.0 Å². The second kappa shape index (κ2) is 5.45. The lowest BCUT2D eigenvalue weighted by Gasteiger charge is -2.16. The van der Waals surface area contributed by atoms with Crippen LogP contribution < -0.4 is 5.32 Å². The molecule has 1 atom stereocenters. The molecular formula is C16H14BrNS. The number of halogens is 1. The van der Waals surface area contributed by atoms with Gasteiger partial charge < -0.3 is 5.32 Å². The van der Waals surface area contributed by atoms with Gasteiger partial charge in [-0.1, -0.05) is 36.4 Å². The average Bonchev–Trinajstić information content (AvgIpc) is 2.86. The lowest BCUT2D eigenvalue weighted by Crippen LogP contribution is -2.16. The highest BCUT2D eigenvalue weighted by molar-refractivity contribution is 9.11. The number of hydrogen-bond acceptors (Lipinski definition) is 2. The first-order chi connectivity index (χ1) is 9.28. The summed E-state index contributed by atoms with van der Waals surface area (Å²) in [5.74, 6) is 0. The van der Waals surface area contributed by atoms with Crippen molar-refractivity contribution in [2.24, 2.45) is 0 Å². The van der Waals surface area contributed by atoms with Crippen molar-refractivity contribution in [3.05, 3.63) is 68.8 Å². The molecule has 1 nitrogen and oxygen atoms in total. The molecule has 3 heteroatoms. The minimum absolute atomic E-state index is 0.243. The van der Waals surface area contributed by atoms with E-state index in [9.17, 15) is 0 Å². The monoisotopic (exact) mass is 331 g/mol. The molecule has 0 saturated heterocycles. The van der Waals surface area contributed by atoms with E-state index in [-0.39, 0.29) is 6.04 Å². The van der Waals surface area contributed by atoms with Crippen molar-refractivity contribution in [1.82, 2.24) is 5.32 Å². The molecule has 0 aliphatic rings. The molecule has 0 aliphatic carbocycles. The van der Waals surface area contributed by atoms with Crippen molar-refractivity contribution in [3.63, 3.8) is 0 Å². The van der Waals surface area contributed by atoms with Gasteiger partial charge in [0.05, 0.1) is 9.83 Å². The Balaban J connectivity index is 2.06. The maximum Gasteiger partial charge on any atom is 0.0701 e. The molecule has 1 aromatic heterocycles. The zero-order valence-corrected chi connectivity index (χ0v) is 13.0. The van der Waals surface area contributed by atoms with Crippen molar-refractivity contribution in [1.29, 1.82) is 0 Å². The number of rotatable bonds is 3. The predicted molar refractivity (Wildman–Crippen MR) is 86.9 cm³/mol. The molecule has 2 aromatic carbocycles. The Kier molecular flexibility index (Phi) is 3.69. The average molecular weight is 332 g/mol. The number of fused-ring (bicyclic) bond motifs is 1. The summed E-state index contributed by atoms with van der Waals surface area (Å²) in [7, 11) is 2.01. The van der Waals surface area contributed by atoms with Gasteiger partial charge in [0, 0.05) is 0 Å². The number of thiophene rings is 1. The van der Waals surface area contributed by atoms with Gasteiger partial charge in [-0.15, -0.1) is 11.3 Å². The molecule has 0 aliphatic heterocycles. The van der Waals surface area contributed by atoms with Crippen LogP contribution in [0.4, 0.5) is 0 Å². The van der Waals surface area contributed by atoms with E-state index >= 15 is 0 Å². The molecule has 3 aromatic rings. The van der Waals surface area contributed by atoms with Crippen molar-refractivity contribution in [2.45, 2.75) is 6.04 Å². The zero-order valence-electron chi connectivity index (χ0n) is 10.6. The van der Waals surface area contributed by atoms with Crippen LogP contribution in [0.25, 0.3) is 10.8 Å². The Morgan fingerprint density at radius 2 is 1.79 bits per heavy atom. The molecule has 1 N–H and O–H groups in total. The first-order valence-corrected chi connectivity index (χ1v) is 7.85. The summed E-state index contributed by atoms with van der Waals surface area (Å²) < 4.78 is 1.17. The fourth-order valence-corrected chi connectivity index (χ4v) is 3.59. The highest BCUT2D eigenvalue weighted by Gasteiger charge is 2.13. The van der Waals surface area contributed by atoms with Gasteiger partial charge in [-0.3, -0.25) is 0 Å². The molecule has 0 radical (unpaired) electrons. The molecule has 1 heterocycles. The van der Waals surface area contributed by atoms with E-state index in [1.54, 1.807) is 11.3 Å². The summed E-state index contributed by atoms with van der Waals surface area (Å²) in [5.41, 5.74) is 2.60. The van der Waals surface area contributed by atoms with Crippen LogP contribution in [0.2, 0.25) is 0 Å². The van der Waals surface area contributed by atoms with Crippen molar-refractivity contribution in [3.8, 4) is 0 Å². The Bertz CT molecular complexity index is 705. The van der Waals surface area contributed by atoms with Gasteiger partial charge in [0.15, 0.2) is 0 Å². The fourth-order valence-electron chi connectivity index (χ4n) is 2.39. The predicted octanol–water partition coefficient (Wildman–Crippen LogP) is 4.97. The van der Waals surface area contributed by atoms with E-state index in [2.05, 4.69) is 75.2 Å². The Morgan fingerprint density at radius 1 is 1.00 bits per heavy atom. The first-order valence-electron chi connectivity index (χ1n) is 6.18. The Morgan fingerprint density at radius 3 is 2.47 bits per heavy atom. The van der Waals surface area contributed by atoms with Crippen LogP contribution in [0.5, 0.6) is 0 Å². The third-order valence-corrected chi connectivity index (χ3v) is 4.84. The third-order valence-electron chi connectivity index (χ3n) is 3.32. The van der Waals surface area contributed by atoms with Crippen LogP contribution in [0.15, 0.2) is 57.7 Å². The molecule has 3 rings (SSSR count). The lowest BCUT2D eigenvalue weighted by molar-refractivity contribution is 0.695. The van der Waals surface area contributed by atoms with E-state index in [1.807, 2.05) is 7.05 Å². The third kappa shape index (κ3) is 2.59. The lowest BCUT2D eigenvalue weighted by atomic mass is 9.98. The van der Waals surface area contributed by atoms with Crippen LogP contribution in [-0.2, 0) is 0 Å². The van der Waals surface area contributed by atoms with Crippen LogP contribution in [-0.4, -0.2) is 7.05 Å². The second-order valence-corrected chi connectivity index (χ2v) is 6.80. The van der Waals surface area contributed by atoms with Crippen molar-refractivity contribution < 1.29 is 0 Å². The van der Waals surface area contributed by atoms with Crippen LogP contribution in [0, 0.1) is 0 Å². The van der Waals surface area contributed by atoms with Gasteiger partial charge >= 0.3 is 0 Å². The second-order valence-electron chi connectivity index (χ2n) is 4.51. The van der Waals surface area contributed by atoms with Gasteiger partial charge in [0.25, 0.3) is 0 Å². The highest BCUT2D eigenvalue weighted by atomic mass is 79.9. The van der Waals surface area contributed by atoms with E-state index in [4.69, 9.17) is 0 Å². The van der Waals surface area contributed by atoms with E-state index in [0.29, 0.717) is 0 Å². The molecule has 1 unspecified atom stereocenters. The normalized spacial score (nSPS) is 12.7. The standard InChI is InChI=1S/C16H14BrNS/c1-18-16(14-9-15(17)19-10-14)13-7-6-11-4-2-3-5-12(11)8-13/h2-10,16,18H,1H3. The van der Waals surface area contributed by atoms with E-state index in [1.165, 1.54) is 25.7 Å². The number of nitrogens with one attached hydrogen (secondary N) is 1. The molecule has 0 fully saturated rings. The van der Waals surface area contributed by atoms with Crippen LogP contribution in [0.3, 0.4) is 0 Å². The number of hydrogen-bond donors (Lipinski definition) is 1. The van der Waals surface area contributed by atoms with Crippen LogP contribution >= 0.6 is 27.3 Å². The van der Waals surface area contributed by atoms with Gasteiger partial charge in [-0.25, -0.2) is 0 Å². The molecule has 0 saturated carbocycles. The minimum Gasteiger partial charge on any atom is -0.309 e. The van der Waals surface area contributed by atoms with Gasteiger partial charge in [-0.2, -0.15) is 0 Å². The summed E-state index contributed by atoms with van der Waals surface area (Å²) >= 11 is 5.26. The Hall–Kier alpha value is -1.16. The smallest absolute Gasteiger partial charge is 0.0701 e. The highest BCUT2D eigenvalue weighted by Crippen LogP contribution is 2.30. The fraction of sp³-hybridized carbons (Fsp3) is 0.125. The zero-order chi connectivity index (χ0) is 13.2. The van der Waals surface area contributed by atoms with Crippen molar-refractivity contribution in [2.75, 3.05) is 7.05 Å². The first kappa shape index (κ1) is 12.9. The van der Waals surface area contributed by atoms with E-state index in [0.717, 1.165) is 0 Å². The molecule has 0 spiro atoms. The largest absolute Gasteiger partial charge is 0.309 e. The summed E-state index contributed by atoms with van der Waals surface area (Å²) in [6, 6.07) is 17.6. The molecular weight excluding hydrogens is 318 g/mol. The summed E-state index contributed by atoms with van der Waals surface area (Å²) in [5, 5.41) is 8.16. The maximum absolute atomic E-state index is 3.53. The van der Waals surface area contributed by atoms with Gasteiger partial charge in [0.2, 0.25) is 0 Å². The summed E-state index contributed by atoms with van der Waals surface area (Å²) in [4.78, 5) is 0. The van der Waals surface area contributed by atoms with Crippen LogP contribution in [0.1, 0.15) is 17.2 Å². The van der Waals surface area contributed by atoms with Gasteiger partial charge in [-0.05, 0) is 62.4 Å².